The van der Waals surface area contributed by atoms with Gasteiger partial charge in [0.05, 0.1) is 0 Å². The van der Waals surface area contributed by atoms with Crippen molar-refractivity contribution < 1.29 is 0 Å². The van der Waals surface area contributed by atoms with Crippen molar-refractivity contribution in [2.75, 3.05) is 0 Å². The topological polar surface area (TPSA) is 0 Å². The molecule has 0 nitrogen and oxygen atoms in total. The Bertz CT molecular complexity index is 705. The molecule has 0 aromatic heterocycles. The van der Waals surface area contributed by atoms with Gasteiger partial charge < -0.3 is 0 Å². The molecule has 0 aromatic carbocycles. The van der Waals surface area contributed by atoms with Crippen LogP contribution in [0.2, 0.25) is 0 Å². The summed E-state index contributed by atoms with van der Waals surface area (Å²) in [4.78, 5) is 0. The molecule has 0 N–H and O–H groups in total. The highest BCUT2D eigenvalue weighted by Crippen LogP contribution is 2.78. The molecule has 7 unspecified atom stereocenters. The Balaban J connectivity index is 1.50. The first-order valence-electron chi connectivity index (χ1n) is 14.4. The molecule has 0 radical (unpaired) electrons. The summed E-state index contributed by atoms with van der Waals surface area (Å²) in [7, 11) is 0. The smallest absolute Gasteiger partial charge is 0.0235 e. The molecular formula is C31H54. The molecule has 10 atom stereocenters. The Morgan fingerprint density at radius 1 is 0.645 bits per heavy atom. The van der Waals surface area contributed by atoms with Gasteiger partial charge in [0.15, 0.2) is 0 Å². The summed E-state index contributed by atoms with van der Waals surface area (Å²) in [6, 6.07) is 0. The molecule has 0 spiro atoms. The predicted octanol–water partition coefficient (Wildman–Crippen LogP) is 9.52. The van der Waals surface area contributed by atoms with Crippen LogP contribution in [0.1, 0.15) is 132 Å². The Hall–Kier alpha value is 0. The summed E-state index contributed by atoms with van der Waals surface area (Å²) >= 11 is 0. The fourth-order valence-electron chi connectivity index (χ4n) is 12.3. The van der Waals surface area contributed by atoms with Gasteiger partial charge in [-0.05, 0) is 127 Å². The third-order valence-corrected chi connectivity index (χ3v) is 14.1. The van der Waals surface area contributed by atoms with Gasteiger partial charge in [-0.1, -0.05) is 68.2 Å². The minimum absolute atomic E-state index is 0.560. The Kier molecular flexibility index (Phi) is 5.15. The van der Waals surface area contributed by atoms with E-state index in [1.807, 2.05) is 0 Å². The number of fused-ring (bicyclic) bond motifs is 7. The van der Waals surface area contributed by atoms with E-state index in [-0.39, 0.29) is 0 Å². The first-order chi connectivity index (χ1) is 14.4. The zero-order chi connectivity index (χ0) is 22.4. The third-order valence-electron chi connectivity index (χ3n) is 14.1. The van der Waals surface area contributed by atoms with Crippen molar-refractivity contribution in [3.8, 4) is 0 Å². The van der Waals surface area contributed by atoms with Crippen molar-refractivity contribution in [2.24, 2.45) is 62.6 Å². The summed E-state index contributed by atoms with van der Waals surface area (Å²) in [6.07, 6.45) is 18.1. The quantitative estimate of drug-likeness (QED) is 0.412. The third kappa shape index (κ3) is 2.78. The van der Waals surface area contributed by atoms with Gasteiger partial charge in [0.2, 0.25) is 0 Å². The highest BCUT2D eigenvalue weighted by molar-refractivity contribution is 5.19. The molecule has 5 aliphatic carbocycles. The standard InChI is InChI=1S/C31H54/c1-9-21(2)22-13-18-28(5)23(22)14-19-30(7)25(28)11-12-26-29(6)17-10-16-27(3,4)24(29)15-20-31(26,30)8/h21-26H,9-20H2,1-8H3/t21?,22?,23?,24?,25?,26?,28?,29-,30+,31+/m0/s1. The van der Waals surface area contributed by atoms with Gasteiger partial charge in [-0.3, -0.25) is 0 Å². The molecule has 178 valence electrons. The highest BCUT2D eigenvalue weighted by Gasteiger charge is 2.70. The number of hydrogen-bond acceptors (Lipinski definition) is 0. The van der Waals surface area contributed by atoms with Crippen LogP contribution in [-0.4, -0.2) is 0 Å². The van der Waals surface area contributed by atoms with Crippen LogP contribution in [0.15, 0.2) is 0 Å². The second-order valence-corrected chi connectivity index (χ2v) is 15.2. The van der Waals surface area contributed by atoms with Crippen LogP contribution in [0.3, 0.4) is 0 Å². The summed E-state index contributed by atoms with van der Waals surface area (Å²) in [5.41, 5.74) is 2.91. The van der Waals surface area contributed by atoms with E-state index in [0.29, 0.717) is 27.1 Å². The summed E-state index contributed by atoms with van der Waals surface area (Å²) in [5.74, 6) is 5.86. The van der Waals surface area contributed by atoms with E-state index in [0.717, 1.165) is 35.5 Å². The normalized spacial score (nSPS) is 56.7. The molecule has 5 fully saturated rings. The molecule has 5 aliphatic rings. The lowest BCUT2D eigenvalue weighted by molar-refractivity contribution is -0.241. The lowest BCUT2D eigenvalue weighted by Gasteiger charge is -2.73. The molecule has 0 aromatic rings. The minimum atomic E-state index is 0.560. The van der Waals surface area contributed by atoms with E-state index in [2.05, 4.69) is 55.4 Å². The molecule has 0 aliphatic heterocycles. The van der Waals surface area contributed by atoms with Gasteiger partial charge in [-0.15, -0.1) is 0 Å². The maximum Gasteiger partial charge on any atom is -0.0235 e. The van der Waals surface area contributed by atoms with Crippen molar-refractivity contribution >= 4 is 0 Å². The Morgan fingerprint density at radius 2 is 1.26 bits per heavy atom. The summed E-state index contributed by atoms with van der Waals surface area (Å²) in [6.45, 7) is 21.4. The lowest BCUT2D eigenvalue weighted by Crippen LogP contribution is -2.65. The summed E-state index contributed by atoms with van der Waals surface area (Å²) in [5, 5.41) is 0. The van der Waals surface area contributed by atoms with Gasteiger partial charge in [-0.2, -0.15) is 0 Å². The lowest BCUT2D eigenvalue weighted by atomic mass is 9.32. The molecule has 0 amide bonds. The first kappa shape index (κ1) is 22.8. The fourth-order valence-corrected chi connectivity index (χ4v) is 12.3. The van der Waals surface area contributed by atoms with Gasteiger partial charge in [0.1, 0.15) is 0 Å². The largest absolute Gasteiger partial charge is 0.0651 e. The number of hydrogen-bond donors (Lipinski definition) is 0. The van der Waals surface area contributed by atoms with E-state index in [9.17, 15) is 0 Å². The van der Waals surface area contributed by atoms with Crippen LogP contribution < -0.4 is 0 Å². The average molecular weight is 427 g/mol. The maximum atomic E-state index is 2.82. The predicted molar refractivity (Wildman–Crippen MR) is 134 cm³/mol. The Labute approximate surface area is 195 Å². The van der Waals surface area contributed by atoms with Gasteiger partial charge in [0, 0.05) is 0 Å². The van der Waals surface area contributed by atoms with Crippen molar-refractivity contribution in [3.63, 3.8) is 0 Å². The van der Waals surface area contributed by atoms with E-state index in [4.69, 9.17) is 0 Å². The zero-order valence-electron chi connectivity index (χ0n) is 22.4. The fraction of sp³-hybridized carbons (Fsp3) is 1.00. The molecule has 5 saturated carbocycles. The van der Waals surface area contributed by atoms with Gasteiger partial charge >= 0.3 is 0 Å². The van der Waals surface area contributed by atoms with E-state index >= 15 is 0 Å². The molecule has 0 heterocycles. The van der Waals surface area contributed by atoms with Crippen molar-refractivity contribution in [3.05, 3.63) is 0 Å². The zero-order valence-corrected chi connectivity index (χ0v) is 22.4. The molecular weight excluding hydrogens is 372 g/mol. The number of rotatable bonds is 2. The first-order valence-corrected chi connectivity index (χ1v) is 14.4. The summed E-state index contributed by atoms with van der Waals surface area (Å²) < 4.78 is 0. The van der Waals surface area contributed by atoms with Crippen LogP contribution in [0.5, 0.6) is 0 Å². The monoisotopic (exact) mass is 426 g/mol. The second kappa shape index (κ2) is 7.01. The van der Waals surface area contributed by atoms with Crippen molar-refractivity contribution in [1.82, 2.24) is 0 Å². The molecule has 31 heavy (non-hydrogen) atoms. The van der Waals surface area contributed by atoms with Crippen LogP contribution in [0, 0.1) is 62.6 Å². The highest BCUT2D eigenvalue weighted by atomic mass is 14.7. The van der Waals surface area contributed by atoms with Gasteiger partial charge in [-0.25, -0.2) is 0 Å². The van der Waals surface area contributed by atoms with Crippen molar-refractivity contribution in [2.45, 2.75) is 132 Å². The molecule has 0 saturated heterocycles. The SMILES string of the molecule is CCC(C)C1CCC2(C)C1CC[C@]1(C)C2CCC2[C@@]3(C)CCCC(C)(C)C3CC[C@]21C. The van der Waals surface area contributed by atoms with E-state index < -0.39 is 0 Å². The van der Waals surface area contributed by atoms with Crippen LogP contribution >= 0.6 is 0 Å². The molecule has 0 heteroatoms. The average Bonchev–Trinajstić information content (AvgIpc) is 3.04. The van der Waals surface area contributed by atoms with E-state index in [1.165, 1.54) is 70.6 Å². The van der Waals surface area contributed by atoms with Crippen LogP contribution in [-0.2, 0) is 0 Å². The van der Waals surface area contributed by atoms with Gasteiger partial charge in [0.25, 0.3) is 0 Å². The second-order valence-electron chi connectivity index (χ2n) is 15.2. The minimum Gasteiger partial charge on any atom is -0.0651 e. The molecule has 0 bridgehead atoms. The van der Waals surface area contributed by atoms with Crippen LogP contribution in [0.25, 0.3) is 0 Å². The molecule has 5 rings (SSSR count). The van der Waals surface area contributed by atoms with Crippen LogP contribution in [0.4, 0.5) is 0 Å². The van der Waals surface area contributed by atoms with Crippen molar-refractivity contribution in [1.29, 1.82) is 0 Å². The maximum absolute atomic E-state index is 2.82. The van der Waals surface area contributed by atoms with E-state index in [1.54, 1.807) is 6.42 Å². The Morgan fingerprint density at radius 3 is 1.90 bits per heavy atom.